The van der Waals surface area contributed by atoms with E-state index in [-0.39, 0.29) is 22.9 Å². The number of fused-ring (bicyclic) bond motifs is 1. The molecule has 2 amide bonds. The van der Waals surface area contributed by atoms with E-state index in [9.17, 15) is 14.0 Å². The number of carbonyl (C=O) groups excluding carboxylic acids is 2. The van der Waals surface area contributed by atoms with Gasteiger partial charge < -0.3 is 19.5 Å². The lowest BCUT2D eigenvalue weighted by atomic mass is 10.0. The van der Waals surface area contributed by atoms with Gasteiger partial charge in [-0.2, -0.15) is 9.90 Å². The monoisotopic (exact) mass is 522 g/mol. The summed E-state index contributed by atoms with van der Waals surface area (Å²) in [5.74, 6) is -0.814. The highest BCUT2D eigenvalue weighted by Crippen LogP contribution is 2.45. The Morgan fingerprint density at radius 3 is 2.62 bits per heavy atom. The van der Waals surface area contributed by atoms with Crippen molar-refractivity contribution in [2.24, 2.45) is 14.1 Å². The summed E-state index contributed by atoms with van der Waals surface area (Å²) < 4.78 is 20.9. The van der Waals surface area contributed by atoms with E-state index in [2.05, 4.69) is 15.5 Å². The number of amides is 2. The van der Waals surface area contributed by atoms with Crippen LogP contribution in [0.4, 0.5) is 14.9 Å². The molecule has 37 heavy (non-hydrogen) atoms. The standard InChI is InChI=1S/C26H24ClFN6O3/c1-32(26(36)37-21-14-29-34(3)31-21)20-12-10-17-22(20)23(15-7-5-4-6-8-15)33(2)24(17)25(35)30-16-9-11-19(28)18(27)13-16/h4-9,11,13-14,20H,10,12H2,1-3H3,(H,30,35). The van der Waals surface area contributed by atoms with Crippen LogP contribution in [-0.4, -0.2) is 43.5 Å². The summed E-state index contributed by atoms with van der Waals surface area (Å²) in [6.45, 7) is 0. The van der Waals surface area contributed by atoms with E-state index in [0.717, 1.165) is 22.4 Å². The quantitative estimate of drug-likeness (QED) is 0.399. The molecular weight excluding hydrogens is 499 g/mol. The zero-order chi connectivity index (χ0) is 26.3. The van der Waals surface area contributed by atoms with E-state index in [1.165, 1.54) is 34.1 Å². The molecule has 0 spiro atoms. The predicted molar refractivity (Wildman–Crippen MR) is 136 cm³/mol. The third kappa shape index (κ3) is 4.55. The Bertz CT molecular complexity index is 1500. The molecule has 1 aliphatic carbocycles. The zero-order valence-corrected chi connectivity index (χ0v) is 21.2. The minimum Gasteiger partial charge on any atom is -0.388 e. The summed E-state index contributed by atoms with van der Waals surface area (Å²) >= 11 is 5.90. The van der Waals surface area contributed by atoms with Gasteiger partial charge in [-0.05, 0) is 42.2 Å². The maximum Gasteiger partial charge on any atom is 0.416 e. The van der Waals surface area contributed by atoms with Crippen molar-refractivity contribution >= 4 is 29.3 Å². The molecule has 0 fully saturated rings. The smallest absolute Gasteiger partial charge is 0.388 e. The summed E-state index contributed by atoms with van der Waals surface area (Å²) in [7, 11) is 5.12. The number of nitrogens with one attached hydrogen (secondary N) is 1. The molecule has 5 rings (SSSR count). The number of halogens is 2. The lowest BCUT2D eigenvalue weighted by Crippen LogP contribution is -2.33. The highest BCUT2D eigenvalue weighted by Gasteiger charge is 2.38. The number of carbonyl (C=O) groups is 2. The first-order valence-electron chi connectivity index (χ1n) is 11.6. The van der Waals surface area contributed by atoms with Crippen molar-refractivity contribution in [3.8, 4) is 17.1 Å². The van der Waals surface area contributed by atoms with Crippen LogP contribution < -0.4 is 10.1 Å². The van der Waals surface area contributed by atoms with Crippen LogP contribution in [0.2, 0.25) is 5.02 Å². The van der Waals surface area contributed by atoms with Gasteiger partial charge in [0.2, 0.25) is 0 Å². The number of aromatic nitrogens is 4. The van der Waals surface area contributed by atoms with Gasteiger partial charge in [-0.15, -0.1) is 5.10 Å². The topological polar surface area (TPSA) is 94.3 Å². The normalized spacial score (nSPS) is 14.4. The number of aryl methyl sites for hydroxylation is 1. The largest absolute Gasteiger partial charge is 0.416 e. The maximum atomic E-state index is 13.6. The highest BCUT2D eigenvalue weighted by atomic mass is 35.5. The van der Waals surface area contributed by atoms with Crippen molar-refractivity contribution in [3.63, 3.8) is 0 Å². The van der Waals surface area contributed by atoms with E-state index in [4.69, 9.17) is 16.3 Å². The first-order chi connectivity index (χ1) is 17.7. The van der Waals surface area contributed by atoms with Crippen molar-refractivity contribution in [3.05, 3.63) is 82.4 Å². The Labute approximate surface area is 217 Å². The fourth-order valence-corrected chi connectivity index (χ4v) is 5.03. The van der Waals surface area contributed by atoms with Gasteiger partial charge in [-0.3, -0.25) is 4.79 Å². The average molecular weight is 523 g/mol. The summed E-state index contributed by atoms with van der Waals surface area (Å²) in [5, 5.41) is 10.7. The van der Waals surface area contributed by atoms with E-state index < -0.39 is 11.9 Å². The third-order valence-corrected chi connectivity index (χ3v) is 6.79. The molecule has 190 valence electrons. The second-order valence-electron chi connectivity index (χ2n) is 8.80. The van der Waals surface area contributed by atoms with E-state index in [0.29, 0.717) is 24.2 Å². The van der Waals surface area contributed by atoms with Crippen LogP contribution in [0.15, 0.2) is 54.7 Å². The highest BCUT2D eigenvalue weighted by molar-refractivity contribution is 6.31. The minimum absolute atomic E-state index is 0.0804. The number of ether oxygens (including phenoxy) is 1. The molecule has 1 aliphatic rings. The molecule has 1 unspecified atom stereocenters. The van der Waals surface area contributed by atoms with Gasteiger partial charge >= 0.3 is 6.09 Å². The summed E-state index contributed by atoms with van der Waals surface area (Å²) in [5.41, 5.74) is 4.32. The number of anilines is 1. The molecule has 11 heteroatoms. The molecular formula is C26H24ClFN6O3. The van der Waals surface area contributed by atoms with Crippen molar-refractivity contribution in [1.82, 2.24) is 24.5 Å². The van der Waals surface area contributed by atoms with Gasteiger partial charge in [0.05, 0.1) is 16.8 Å². The van der Waals surface area contributed by atoms with Gasteiger partial charge in [0.15, 0.2) is 0 Å². The molecule has 0 saturated carbocycles. The van der Waals surface area contributed by atoms with Crippen LogP contribution >= 0.6 is 11.6 Å². The summed E-state index contributed by atoms with van der Waals surface area (Å²) in [6, 6.07) is 13.4. The lowest BCUT2D eigenvalue weighted by molar-refractivity contribution is 0.101. The van der Waals surface area contributed by atoms with Crippen molar-refractivity contribution in [1.29, 1.82) is 0 Å². The molecule has 9 nitrogen and oxygen atoms in total. The number of rotatable bonds is 5. The van der Waals surface area contributed by atoms with Crippen LogP contribution in [-0.2, 0) is 20.5 Å². The van der Waals surface area contributed by atoms with Crippen molar-refractivity contribution in [2.75, 3.05) is 12.4 Å². The first-order valence-corrected chi connectivity index (χ1v) is 12.0. The molecule has 1 atom stereocenters. The fourth-order valence-electron chi connectivity index (χ4n) is 4.85. The lowest BCUT2D eigenvalue weighted by Gasteiger charge is -2.25. The van der Waals surface area contributed by atoms with Gasteiger partial charge in [-0.1, -0.05) is 41.9 Å². The van der Waals surface area contributed by atoms with E-state index >= 15 is 0 Å². The van der Waals surface area contributed by atoms with Crippen LogP contribution in [0.25, 0.3) is 11.3 Å². The molecule has 0 aliphatic heterocycles. The van der Waals surface area contributed by atoms with Crippen LogP contribution in [0.5, 0.6) is 5.88 Å². The molecule has 2 aromatic carbocycles. The van der Waals surface area contributed by atoms with Gasteiger partial charge in [0, 0.05) is 32.4 Å². The Balaban J connectivity index is 1.53. The second-order valence-corrected chi connectivity index (χ2v) is 9.21. The first kappa shape index (κ1) is 24.5. The number of benzene rings is 2. The minimum atomic E-state index is -0.576. The molecule has 1 N–H and O–H groups in total. The third-order valence-electron chi connectivity index (χ3n) is 6.50. The molecule has 4 aromatic rings. The zero-order valence-electron chi connectivity index (χ0n) is 20.4. The fraction of sp³-hybridized carbons (Fsp3) is 0.231. The van der Waals surface area contributed by atoms with Gasteiger partial charge in [0.1, 0.15) is 17.7 Å². The van der Waals surface area contributed by atoms with E-state index in [1.54, 1.807) is 14.1 Å². The number of nitrogens with zero attached hydrogens (tertiary/aromatic N) is 5. The van der Waals surface area contributed by atoms with Crippen molar-refractivity contribution in [2.45, 2.75) is 18.9 Å². The Morgan fingerprint density at radius 2 is 1.95 bits per heavy atom. The van der Waals surface area contributed by atoms with Gasteiger partial charge in [-0.25, -0.2) is 9.18 Å². The van der Waals surface area contributed by atoms with E-state index in [1.807, 2.05) is 41.9 Å². The Hall–Kier alpha value is -4.18. The molecule has 0 radical (unpaired) electrons. The molecule has 0 saturated heterocycles. The second kappa shape index (κ2) is 9.70. The summed E-state index contributed by atoms with van der Waals surface area (Å²) in [4.78, 5) is 29.3. The van der Waals surface area contributed by atoms with Crippen molar-refractivity contribution < 1.29 is 18.7 Å². The molecule has 2 heterocycles. The van der Waals surface area contributed by atoms with Gasteiger partial charge in [0.25, 0.3) is 11.8 Å². The Kier molecular flexibility index (Phi) is 6.43. The SMILES string of the molecule is CN(C(=O)Oc1cnn(C)n1)C1CCc2c1c(-c1ccccc1)n(C)c2C(=O)Nc1ccc(F)c(Cl)c1. The van der Waals surface area contributed by atoms with Crippen LogP contribution in [0.3, 0.4) is 0 Å². The molecule has 2 aromatic heterocycles. The molecule has 0 bridgehead atoms. The predicted octanol–water partition coefficient (Wildman–Crippen LogP) is 4.98. The van der Waals surface area contributed by atoms with Crippen LogP contribution in [0.1, 0.15) is 34.1 Å². The number of hydrogen-bond acceptors (Lipinski definition) is 5. The summed E-state index contributed by atoms with van der Waals surface area (Å²) in [6.07, 6.45) is 1.98. The van der Waals surface area contributed by atoms with Crippen LogP contribution in [0, 0.1) is 5.82 Å². The number of hydrogen-bond donors (Lipinski definition) is 1. The maximum absolute atomic E-state index is 13.6. The average Bonchev–Trinajstić information content (AvgIpc) is 3.55. The Morgan fingerprint density at radius 1 is 1.19 bits per heavy atom.